The standard InChI is InChI=1S/C10H11BrF3NO/c11-8-3-1-2-7(4-8)9(5-15)16-6-10(12,13)14/h1-4,9H,5-6,15H2. The molecule has 16 heavy (non-hydrogen) atoms. The summed E-state index contributed by atoms with van der Waals surface area (Å²) in [5.74, 6) is 0. The molecule has 0 bridgehead atoms. The highest BCUT2D eigenvalue weighted by Gasteiger charge is 2.29. The van der Waals surface area contributed by atoms with Crippen LogP contribution in [0.2, 0.25) is 0 Å². The molecule has 0 amide bonds. The van der Waals surface area contributed by atoms with E-state index < -0.39 is 18.9 Å². The predicted octanol–water partition coefficient (Wildman–Crippen LogP) is 3.03. The Hall–Kier alpha value is -0.590. The van der Waals surface area contributed by atoms with Crippen LogP contribution in [0.1, 0.15) is 11.7 Å². The van der Waals surface area contributed by atoms with Crippen molar-refractivity contribution >= 4 is 15.9 Å². The van der Waals surface area contributed by atoms with Gasteiger partial charge in [0.2, 0.25) is 0 Å². The van der Waals surface area contributed by atoms with Gasteiger partial charge < -0.3 is 10.5 Å². The van der Waals surface area contributed by atoms with Crippen molar-refractivity contribution in [3.8, 4) is 0 Å². The van der Waals surface area contributed by atoms with Crippen molar-refractivity contribution in [2.75, 3.05) is 13.2 Å². The zero-order valence-corrected chi connectivity index (χ0v) is 9.88. The maximum absolute atomic E-state index is 12.0. The Morgan fingerprint density at radius 2 is 2.06 bits per heavy atom. The largest absolute Gasteiger partial charge is 0.411 e. The molecule has 0 heterocycles. The highest BCUT2D eigenvalue weighted by atomic mass is 79.9. The number of halogens is 4. The Kier molecular flexibility index (Phi) is 4.76. The summed E-state index contributed by atoms with van der Waals surface area (Å²) in [5, 5.41) is 0. The van der Waals surface area contributed by atoms with E-state index in [1.165, 1.54) is 0 Å². The van der Waals surface area contributed by atoms with Crippen molar-refractivity contribution in [1.82, 2.24) is 0 Å². The van der Waals surface area contributed by atoms with E-state index in [1.54, 1.807) is 24.3 Å². The molecule has 2 nitrogen and oxygen atoms in total. The van der Waals surface area contributed by atoms with Gasteiger partial charge in [0, 0.05) is 11.0 Å². The number of hydrogen-bond donors (Lipinski definition) is 1. The Balaban J connectivity index is 2.68. The van der Waals surface area contributed by atoms with Crippen LogP contribution in [0.4, 0.5) is 13.2 Å². The molecule has 0 saturated heterocycles. The van der Waals surface area contributed by atoms with Gasteiger partial charge in [0.15, 0.2) is 0 Å². The lowest BCUT2D eigenvalue weighted by Crippen LogP contribution is -2.23. The molecule has 0 fully saturated rings. The van der Waals surface area contributed by atoms with Gasteiger partial charge in [0.05, 0.1) is 6.10 Å². The summed E-state index contributed by atoms with van der Waals surface area (Å²) in [6.07, 6.45) is -5.07. The van der Waals surface area contributed by atoms with Crippen molar-refractivity contribution in [3.63, 3.8) is 0 Å². The normalized spacial score (nSPS) is 13.8. The van der Waals surface area contributed by atoms with Crippen molar-refractivity contribution < 1.29 is 17.9 Å². The highest BCUT2D eigenvalue weighted by Crippen LogP contribution is 2.23. The lowest BCUT2D eigenvalue weighted by atomic mass is 10.1. The molecular formula is C10H11BrF3NO. The van der Waals surface area contributed by atoms with Gasteiger partial charge in [-0.1, -0.05) is 28.1 Å². The molecule has 2 N–H and O–H groups in total. The molecule has 0 saturated carbocycles. The van der Waals surface area contributed by atoms with E-state index in [0.29, 0.717) is 5.56 Å². The molecule has 1 rings (SSSR count). The number of benzene rings is 1. The van der Waals surface area contributed by atoms with E-state index >= 15 is 0 Å². The molecule has 0 spiro atoms. The second-order valence-corrected chi connectivity index (χ2v) is 4.12. The number of alkyl halides is 3. The lowest BCUT2D eigenvalue weighted by molar-refractivity contribution is -0.185. The van der Waals surface area contributed by atoms with Gasteiger partial charge in [-0.3, -0.25) is 0 Å². The van der Waals surface area contributed by atoms with E-state index in [9.17, 15) is 13.2 Å². The molecule has 0 aliphatic rings. The van der Waals surface area contributed by atoms with Crippen LogP contribution in [-0.4, -0.2) is 19.3 Å². The van der Waals surface area contributed by atoms with Crippen molar-refractivity contribution in [1.29, 1.82) is 0 Å². The summed E-state index contributed by atoms with van der Waals surface area (Å²) in [6, 6.07) is 6.87. The number of nitrogens with two attached hydrogens (primary N) is 1. The SMILES string of the molecule is NCC(OCC(F)(F)F)c1cccc(Br)c1. The Morgan fingerprint density at radius 1 is 1.38 bits per heavy atom. The van der Waals surface area contributed by atoms with E-state index in [0.717, 1.165) is 4.47 Å². The first kappa shape index (κ1) is 13.5. The van der Waals surface area contributed by atoms with Gasteiger partial charge >= 0.3 is 6.18 Å². The predicted molar refractivity (Wildman–Crippen MR) is 57.9 cm³/mol. The van der Waals surface area contributed by atoms with Crippen LogP contribution in [-0.2, 0) is 4.74 Å². The molecular weight excluding hydrogens is 287 g/mol. The fraction of sp³-hybridized carbons (Fsp3) is 0.400. The first-order chi connectivity index (χ1) is 7.42. The Labute approximate surface area is 99.7 Å². The summed E-state index contributed by atoms with van der Waals surface area (Å²) in [7, 11) is 0. The van der Waals surface area contributed by atoms with Crippen molar-refractivity contribution in [2.24, 2.45) is 5.73 Å². The third-order valence-electron chi connectivity index (χ3n) is 1.88. The number of ether oxygens (including phenoxy) is 1. The van der Waals surface area contributed by atoms with Crippen LogP contribution in [0.25, 0.3) is 0 Å². The Morgan fingerprint density at radius 3 is 2.56 bits per heavy atom. The first-order valence-electron chi connectivity index (χ1n) is 4.56. The number of rotatable bonds is 4. The second kappa shape index (κ2) is 5.65. The van der Waals surface area contributed by atoms with Gasteiger partial charge in [-0.15, -0.1) is 0 Å². The summed E-state index contributed by atoms with van der Waals surface area (Å²) >= 11 is 3.23. The van der Waals surface area contributed by atoms with Crippen LogP contribution in [0, 0.1) is 0 Å². The van der Waals surface area contributed by atoms with E-state index in [4.69, 9.17) is 10.5 Å². The van der Waals surface area contributed by atoms with Gasteiger partial charge in [-0.2, -0.15) is 13.2 Å². The fourth-order valence-corrected chi connectivity index (χ4v) is 1.62. The van der Waals surface area contributed by atoms with Crippen LogP contribution >= 0.6 is 15.9 Å². The zero-order chi connectivity index (χ0) is 12.2. The minimum Gasteiger partial charge on any atom is -0.363 e. The zero-order valence-electron chi connectivity index (χ0n) is 8.30. The molecule has 1 aromatic carbocycles. The van der Waals surface area contributed by atoms with Crippen molar-refractivity contribution in [2.45, 2.75) is 12.3 Å². The molecule has 0 radical (unpaired) electrons. The summed E-state index contributed by atoms with van der Waals surface area (Å²) in [5.41, 5.74) is 6.00. The third-order valence-corrected chi connectivity index (χ3v) is 2.38. The second-order valence-electron chi connectivity index (χ2n) is 3.21. The quantitative estimate of drug-likeness (QED) is 0.927. The molecule has 90 valence electrons. The molecule has 1 unspecified atom stereocenters. The van der Waals surface area contributed by atoms with Gasteiger partial charge in [0.1, 0.15) is 6.61 Å². The smallest absolute Gasteiger partial charge is 0.363 e. The van der Waals surface area contributed by atoms with Gasteiger partial charge in [-0.25, -0.2) is 0 Å². The minimum atomic E-state index is -4.33. The average Bonchev–Trinajstić information content (AvgIpc) is 2.17. The van der Waals surface area contributed by atoms with Crippen LogP contribution < -0.4 is 5.73 Å². The maximum atomic E-state index is 12.0. The lowest BCUT2D eigenvalue weighted by Gasteiger charge is -2.17. The molecule has 0 aliphatic carbocycles. The molecule has 6 heteroatoms. The highest BCUT2D eigenvalue weighted by molar-refractivity contribution is 9.10. The summed E-state index contributed by atoms with van der Waals surface area (Å²) < 4.78 is 41.4. The molecule has 0 aliphatic heterocycles. The maximum Gasteiger partial charge on any atom is 0.411 e. The summed E-state index contributed by atoms with van der Waals surface area (Å²) in [4.78, 5) is 0. The monoisotopic (exact) mass is 297 g/mol. The number of hydrogen-bond acceptors (Lipinski definition) is 2. The van der Waals surface area contributed by atoms with E-state index in [-0.39, 0.29) is 6.54 Å². The van der Waals surface area contributed by atoms with Crippen LogP contribution in [0.3, 0.4) is 0 Å². The first-order valence-corrected chi connectivity index (χ1v) is 5.35. The van der Waals surface area contributed by atoms with Crippen LogP contribution in [0.5, 0.6) is 0 Å². The molecule has 0 aromatic heterocycles. The summed E-state index contributed by atoms with van der Waals surface area (Å²) in [6.45, 7) is -1.28. The van der Waals surface area contributed by atoms with Crippen molar-refractivity contribution in [3.05, 3.63) is 34.3 Å². The van der Waals surface area contributed by atoms with Gasteiger partial charge in [-0.05, 0) is 17.7 Å². The molecule has 1 aromatic rings. The Bertz CT molecular complexity index is 343. The van der Waals surface area contributed by atoms with E-state index in [1.807, 2.05) is 0 Å². The fourth-order valence-electron chi connectivity index (χ4n) is 1.20. The topological polar surface area (TPSA) is 35.2 Å². The van der Waals surface area contributed by atoms with Gasteiger partial charge in [0.25, 0.3) is 0 Å². The average molecular weight is 298 g/mol. The van der Waals surface area contributed by atoms with Crippen LogP contribution in [0.15, 0.2) is 28.7 Å². The van der Waals surface area contributed by atoms with E-state index in [2.05, 4.69) is 15.9 Å². The minimum absolute atomic E-state index is 0.00648. The molecule has 1 atom stereocenters. The third kappa shape index (κ3) is 4.51.